The monoisotopic (exact) mass is 330 g/mol. The van der Waals surface area contributed by atoms with Gasteiger partial charge in [-0.05, 0) is 30.0 Å². The zero-order valence-electron chi connectivity index (χ0n) is 13.5. The minimum Gasteiger partial charge on any atom is -0.448 e. The number of hydrogen-bond acceptors (Lipinski definition) is 2. The van der Waals surface area contributed by atoms with Gasteiger partial charge in [0.15, 0.2) is 0 Å². The highest BCUT2D eigenvalue weighted by molar-refractivity contribution is 7.80. The zero-order chi connectivity index (χ0) is 16.4. The van der Waals surface area contributed by atoms with E-state index in [2.05, 4.69) is 54.9 Å². The van der Waals surface area contributed by atoms with Crippen molar-refractivity contribution < 1.29 is 9.30 Å². The molecule has 0 radical (unpaired) electrons. The second-order valence-corrected chi connectivity index (χ2v) is 6.76. The standard InChI is InChI=1S/C21H15NOS/c1-12-10-11-13-6-5-9-16-18(13)17(12)19-20(23-16)21(24)14-7-3-4-8-15(14)22(19)2/h3-11H,1-2H3/p+1. The first-order valence-electron chi connectivity index (χ1n) is 8.01. The number of fused-ring (bicyclic) bond motifs is 3. The number of aryl methyl sites for hydroxylation is 2. The summed E-state index contributed by atoms with van der Waals surface area (Å²) in [6, 6.07) is 18.9. The molecule has 4 aromatic rings. The van der Waals surface area contributed by atoms with E-state index in [0.717, 1.165) is 33.0 Å². The Morgan fingerprint density at radius 1 is 0.958 bits per heavy atom. The van der Waals surface area contributed by atoms with Gasteiger partial charge in [-0.15, -0.1) is 12.6 Å². The fourth-order valence-corrected chi connectivity index (χ4v) is 4.14. The Balaban J connectivity index is 2.06. The lowest BCUT2D eigenvalue weighted by Gasteiger charge is -2.22. The minimum absolute atomic E-state index is 0.842. The predicted molar refractivity (Wildman–Crippen MR) is 100 cm³/mol. The highest BCUT2D eigenvalue weighted by atomic mass is 32.1. The van der Waals surface area contributed by atoms with E-state index in [1.54, 1.807) is 0 Å². The summed E-state index contributed by atoms with van der Waals surface area (Å²) in [5.41, 5.74) is 4.74. The van der Waals surface area contributed by atoms with Crippen LogP contribution < -0.4 is 9.30 Å². The van der Waals surface area contributed by atoms with Crippen molar-refractivity contribution >= 4 is 34.3 Å². The average molecular weight is 330 g/mol. The molecule has 3 aromatic carbocycles. The summed E-state index contributed by atoms with van der Waals surface area (Å²) in [6.45, 7) is 2.16. The van der Waals surface area contributed by atoms with Crippen molar-refractivity contribution in [3.63, 3.8) is 0 Å². The number of ether oxygens (including phenoxy) is 1. The molecule has 0 bridgehead atoms. The van der Waals surface area contributed by atoms with Crippen LogP contribution in [0.15, 0.2) is 59.5 Å². The first-order chi connectivity index (χ1) is 11.7. The van der Waals surface area contributed by atoms with Crippen LogP contribution in [0.5, 0.6) is 11.5 Å². The molecule has 2 heterocycles. The highest BCUT2D eigenvalue weighted by Gasteiger charge is 2.32. The second kappa shape index (κ2) is 4.74. The third kappa shape index (κ3) is 1.65. The van der Waals surface area contributed by atoms with Crippen molar-refractivity contribution in [3.05, 3.63) is 60.2 Å². The van der Waals surface area contributed by atoms with E-state index in [0.29, 0.717) is 0 Å². The maximum atomic E-state index is 6.33. The number of hydrogen-bond donors (Lipinski definition) is 1. The van der Waals surface area contributed by atoms with Crippen LogP contribution in [0.4, 0.5) is 0 Å². The van der Waals surface area contributed by atoms with Gasteiger partial charge >= 0.3 is 0 Å². The van der Waals surface area contributed by atoms with Crippen molar-refractivity contribution in [3.8, 4) is 22.8 Å². The van der Waals surface area contributed by atoms with Gasteiger partial charge in [0.05, 0.1) is 15.8 Å². The van der Waals surface area contributed by atoms with E-state index in [9.17, 15) is 0 Å². The number of aromatic nitrogens is 1. The van der Waals surface area contributed by atoms with Gasteiger partial charge in [-0.25, -0.2) is 0 Å². The molecule has 0 unspecified atom stereocenters. The van der Waals surface area contributed by atoms with Gasteiger partial charge < -0.3 is 4.74 Å². The van der Waals surface area contributed by atoms with Crippen LogP contribution in [0.1, 0.15) is 5.56 Å². The number of pyridine rings is 1. The molecule has 0 amide bonds. The van der Waals surface area contributed by atoms with Gasteiger partial charge in [0.2, 0.25) is 11.3 Å². The van der Waals surface area contributed by atoms with Crippen LogP contribution in [0.2, 0.25) is 0 Å². The summed E-state index contributed by atoms with van der Waals surface area (Å²) in [4.78, 5) is 0.893. The summed E-state index contributed by atoms with van der Waals surface area (Å²) in [5.74, 6) is 1.75. The molecule has 1 aliphatic rings. The van der Waals surface area contributed by atoms with Crippen LogP contribution in [-0.4, -0.2) is 0 Å². The highest BCUT2D eigenvalue weighted by Crippen LogP contribution is 2.49. The summed E-state index contributed by atoms with van der Waals surface area (Å²) in [6.07, 6.45) is 0. The maximum absolute atomic E-state index is 6.33. The summed E-state index contributed by atoms with van der Waals surface area (Å²) >= 11 is 4.81. The minimum atomic E-state index is 0.842. The Kier molecular flexibility index (Phi) is 2.74. The average Bonchev–Trinajstić information content (AvgIpc) is 2.62. The number of rotatable bonds is 0. The number of benzene rings is 3. The van der Waals surface area contributed by atoms with E-state index >= 15 is 0 Å². The first kappa shape index (κ1) is 13.9. The summed E-state index contributed by atoms with van der Waals surface area (Å²) < 4.78 is 8.55. The van der Waals surface area contributed by atoms with E-state index in [-0.39, 0.29) is 0 Å². The molecule has 3 heteroatoms. The molecule has 0 spiro atoms. The second-order valence-electron chi connectivity index (χ2n) is 6.32. The smallest absolute Gasteiger partial charge is 0.258 e. The molecule has 0 fully saturated rings. The lowest BCUT2D eigenvalue weighted by atomic mass is 9.93. The molecule has 2 nitrogen and oxygen atoms in total. The van der Waals surface area contributed by atoms with Crippen LogP contribution in [-0.2, 0) is 7.05 Å². The topological polar surface area (TPSA) is 13.1 Å². The Bertz CT molecular complexity index is 1160. The molecule has 116 valence electrons. The van der Waals surface area contributed by atoms with Crippen LogP contribution in [0.25, 0.3) is 32.9 Å². The Labute approximate surface area is 145 Å². The Hall–Kier alpha value is -2.52. The third-order valence-electron chi connectivity index (χ3n) is 4.95. The number of thiol groups is 1. The normalized spacial score (nSPS) is 12.3. The van der Waals surface area contributed by atoms with Crippen LogP contribution in [0, 0.1) is 6.92 Å². The SMILES string of the molecule is Cc1ccc2cccc3c2c1-c1c(c(S)c2ccccc2[n+]1C)O3. The molecule has 0 aliphatic carbocycles. The largest absolute Gasteiger partial charge is 0.448 e. The van der Waals surface area contributed by atoms with Crippen molar-refractivity contribution in [2.75, 3.05) is 0 Å². The van der Waals surface area contributed by atoms with Gasteiger partial charge in [0.1, 0.15) is 12.8 Å². The van der Waals surface area contributed by atoms with E-state index in [4.69, 9.17) is 17.4 Å². The van der Waals surface area contributed by atoms with Crippen molar-refractivity contribution in [1.29, 1.82) is 0 Å². The van der Waals surface area contributed by atoms with Gasteiger partial charge in [0, 0.05) is 11.5 Å². The number of para-hydroxylation sites is 1. The molecule has 0 N–H and O–H groups in total. The van der Waals surface area contributed by atoms with Crippen molar-refractivity contribution in [1.82, 2.24) is 0 Å². The fraction of sp³-hybridized carbons (Fsp3) is 0.0952. The van der Waals surface area contributed by atoms with Crippen molar-refractivity contribution in [2.24, 2.45) is 7.05 Å². The molecule has 0 saturated carbocycles. The zero-order valence-corrected chi connectivity index (χ0v) is 14.4. The summed E-state index contributed by atoms with van der Waals surface area (Å²) in [7, 11) is 2.10. The Morgan fingerprint density at radius 2 is 1.79 bits per heavy atom. The molecule has 0 saturated heterocycles. The van der Waals surface area contributed by atoms with Gasteiger partial charge in [-0.1, -0.05) is 36.4 Å². The van der Waals surface area contributed by atoms with Gasteiger partial charge in [-0.3, -0.25) is 0 Å². The maximum Gasteiger partial charge on any atom is 0.258 e. The van der Waals surface area contributed by atoms with E-state index in [1.807, 2.05) is 18.2 Å². The summed E-state index contributed by atoms with van der Waals surface area (Å²) in [5, 5.41) is 3.49. The lowest BCUT2D eigenvalue weighted by molar-refractivity contribution is -0.634. The number of nitrogens with zero attached hydrogens (tertiary/aromatic N) is 1. The first-order valence-corrected chi connectivity index (χ1v) is 8.46. The van der Waals surface area contributed by atoms with Crippen LogP contribution >= 0.6 is 12.6 Å². The molecule has 1 aromatic heterocycles. The molecular formula is C21H16NOS+. The van der Waals surface area contributed by atoms with Gasteiger partial charge in [-0.2, -0.15) is 4.57 Å². The molecule has 5 rings (SSSR count). The predicted octanol–water partition coefficient (Wildman–Crippen LogP) is 5.19. The van der Waals surface area contributed by atoms with E-state index in [1.165, 1.54) is 21.9 Å². The van der Waals surface area contributed by atoms with Crippen LogP contribution in [0.3, 0.4) is 0 Å². The fourth-order valence-electron chi connectivity index (χ4n) is 3.80. The molecular weight excluding hydrogens is 314 g/mol. The third-order valence-corrected chi connectivity index (χ3v) is 5.39. The molecule has 0 atom stereocenters. The van der Waals surface area contributed by atoms with E-state index < -0.39 is 0 Å². The quantitative estimate of drug-likeness (QED) is 0.305. The van der Waals surface area contributed by atoms with Gasteiger partial charge in [0.25, 0.3) is 5.69 Å². The lowest BCUT2D eigenvalue weighted by Crippen LogP contribution is -2.33. The van der Waals surface area contributed by atoms with Crippen molar-refractivity contribution in [2.45, 2.75) is 11.8 Å². The molecule has 24 heavy (non-hydrogen) atoms. The Morgan fingerprint density at radius 3 is 2.67 bits per heavy atom. The molecule has 1 aliphatic heterocycles.